The van der Waals surface area contributed by atoms with E-state index in [0.717, 1.165) is 41.6 Å². The topological polar surface area (TPSA) is 28.2 Å². The SMILES string of the molecule is CCc1cc(NCCCN(C)C)c2cc(Br)ccc2n1. The highest BCUT2D eigenvalue weighted by molar-refractivity contribution is 9.10. The van der Waals surface area contributed by atoms with Crippen molar-refractivity contribution in [1.82, 2.24) is 9.88 Å². The number of aryl methyl sites for hydroxylation is 1. The molecule has 2 rings (SSSR count). The predicted octanol–water partition coefficient (Wildman–Crippen LogP) is 3.92. The lowest BCUT2D eigenvalue weighted by Crippen LogP contribution is -2.16. The van der Waals surface area contributed by atoms with Gasteiger partial charge in [0, 0.05) is 27.8 Å². The highest BCUT2D eigenvalue weighted by Gasteiger charge is 2.05. The van der Waals surface area contributed by atoms with Gasteiger partial charge >= 0.3 is 0 Å². The molecule has 2 aromatic rings. The number of halogens is 1. The summed E-state index contributed by atoms with van der Waals surface area (Å²) in [4.78, 5) is 6.89. The van der Waals surface area contributed by atoms with Crippen LogP contribution in [-0.2, 0) is 6.42 Å². The Hall–Kier alpha value is -1.13. The Bertz CT molecular complexity index is 581. The number of hydrogen-bond donors (Lipinski definition) is 1. The summed E-state index contributed by atoms with van der Waals surface area (Å²) >= 11 is 3.54. The van der Waals surface area contributed by atoms with Crippen LogP contribution in [0.25, 0.3) is 10.9 Å². The average Bonchev–Trinajstić information content (AvgIpc) is 2.43. The molecule has 1 heterocycles. The maximum absolute atomic E-state index is 4.68. The Kier molecular flexibility index (Phi) is 5.38. The van der Waals surface area contributed by atoms with Gasteiger partial charge in [-0.3, -0.25) is 4.98 Å². The van der Waals surface area contributed by atoms with Crippen LogP contribution in [0, 0.1) is 0 Å². The molecule has 108 valence electrons. The van der Waals surface area contributed by atoms with Crippen LogP contribution >= 0.6 is 15.9 Å². The number of pyridine rings is 1. The maximum atomic E-state index is 4.68. The van der Waals surface area contributed by atoms with Crippen LogP contribution in [0.2, 0.25) is 0 Å². The van der Waals surface area contributed by atoms with Crippen LogP contribution in [0.15, 0.2) is 28.7 Å². The van der Waals surface area contributed by atoms with Crippen LogP contribution in [0.4, 0.5) is 5.69 Å². The molecule has 3 nitrogen and oxygen atoms in total. The lowest BCUT2D eigenvalue weighted by atomic mass is 10.1. The summed E-state index contributed by atoms with van der Waals surface area (Å²) in [5.74, 6) is 0. The number of fused-ring (bicyclic) bond motifs is 1. The van der Waals surface area contributed by atoms with Gasteiger partial charge in [0.2, 0.25) is 0 Å². The van der Waals surface area contributed by atoms with Crippen molar-refractivity contribution in [3.63, 3.8) is 0 Å². The van der Waals surface area contributed by atoms with E-state index in [1.165, 1.54) is 11.1 Å². The lowest BCUT2D eigenvalue weighted by molar-refractivity contribution is 0.405. The van der Waals surface area contributed by atoms with E-state index in [1.807, 2.05) is 6.07 Å². The molecule has 0 aliphatic heterocycles. The minimum Gasteiger partial charge on any atom is -0.384 e. The van der Waals surface area contributed by atoms with Gasteiger partial charge < -0.3 is 10.2 Å². The lowest BCUT2D eigenvalue weighted by Gasteiger charge is -2.13. The largest absolute Gasteiger partial charge is 0.384 e. The van der Waals surface area contributed by atoms with Gasteiger partial charge in [-0.1, -0.05) is 22.9 Å². The van der Waals surface area contributed by atoms with Crippen LogP contribution in [-0.4, -0.2) is 37.1 Å². The zero-order valence-electron chi connectivity index (χ0n) is 12.4. The Balaban J connectivity index is 2.22. The summed E-state index contributed by atoms with van der Waals surface area (Å²) in [6, 6.07) is 8.43. The molecular formula is C16H22BrN3. The van der Waals surface area contributed by atoms with Gasteiger partial charge in [-0.25, -0.2) is 0 Å². The first-order valence-electron chi connectivity index (χ1n) is 7.08. The molecule has 0 radical (unpaired) electrons. The van der Waals surface area contributed by atoms with Crippen molar-refractivity contribution in [2.45, 2.75) is 19.8 Å². The summed E-state index contributed by atoms with van der Waals surface area (Å²) in [6.45, 7) is 4.22. The number of hydrogen-bond acceptors (Lipinski definition) is 3. The molecule has 0 amide bonds. The second kappa shape index (κ2) is 7.04. The van der Waals surface area contributed by atoms with Crippen molar-refractivity contribution >= 4 is 32.5 Å². The molecule has 0 aliphatic carbocycles. The van der Waals surface area contributed by atoms with Gasteiger partial charge in [-0.05, 0) is 57.7 Å². The third-order valence-electron chi connectivity index (χ3n) is 3.28. The molecule has 0 saturated carbocycles. The fourth-order valence-electron chi connectivity index (χ4n) is 2.20. The van der Waals surface area contributed by atoms with Gasteiger partial charge in [0.05, 0.1) is 5.52 Å². The summed E-state index contributed by atoms with van der Waals surface area (Å²) in [6.07, 6.45) is 2.09. The summed E-state index contributed by atoms with van der Waals surface area (Å²) in [7, 11) is 4.21. The van der Waals surface area contributed by atoms with Crippen molar-refractivity contribution in [2.24, 2.45) is 0 Å². The molecule has 0 saturated heterocycles. The monoisotopic (exact) mass is 335 g/mol. The molecule has 4 heteroatoms. The van der Waals surface area contributed by atoms with E-state index in [4.69, 9.17) is 0 Å². The fraction of sp³-hybridized carbons (Fsp3) is 0.438. The van der Waals surface area contributed by atoms with Crippen LogP contribution in [0.5, 0.6) is 0 Å². The Morgan fingerprint density at radius 2 is 2.05 bits per heavy atom. The summed E-state index contributed by atoms with van der Waals surface area (Å²) in [5.41, 5.74) is 3.38. The highest BCUT2D eigenvalue weighted by Crippen LogP contribution is 2.26. The summed E-state index contributed by atoms with van der Waals surface area (Å²) < 4.78 is 1.09. The first-order valence-corrected chi connectivity index (χ1v) is 7.87. The maximum Gasteiger partial charge on any atom is 0.0726 e. The summed E-state index contributed by atoms with van der Waals surface area (Å²) in [5, 5.41) is 4.74. The van der Waals surface area contributed by atoms with Gasteiger partial charge in [-0.2, -0.15) is 0 Å². The van der Waals surface area contributed by atoms with Crippen LogP contribution < -0.4 is 5.32 Å². The molecule has 0 atom stereocenters. The van der Waals surface area contributed by atoms with E-state index in [2.05, 4.69) is 70.3 Å². The molecule has 20 heavy (non-hydrogen) atoms. The smallest absolute Gasteiger partial charge is 0.0726 e. The van der Waals surface area contributed by atoms with E-state index >= 15 is 0 Å². The standard InChI is InChI=1S/C16H22BrN3/c1-4-13-11-16(18-8-5-9-20(2)3)14-10-12(17)6-7-15(14)19-13/h6-7,10-11H,4-5,8-9H2,1-3H3,(H,18,19). The number of anilines is 1. The van der Waals surface area contributed by atoms with E-state index in [9.17, 15) is 0 Å². The number of benzene rings is 1. The third kappa shape index (κ3) is 3.93. The minimum absolute atomic E-state index is 0.957. The quantitative estimate of drug-likeness (QED) is 0.811. The second-order valence-corrected chi connectivity index (χ2v) is 6.18. The molecule has 0 fully saturated rings. The van der Waals surface area contributed by atoms with Gasteiger partial charge in [-0.15, -0.1) is 0 Å². The van der Waals surface area contributed by atoms with Crippen molar-refractivity contribution < 1.29 is 0 Å². The van der Waals surface area contributed by atoms with Crippen molar-refractivity contribution in [2.75, 3.05) is 32.5 Å². The van der Waals surface area contributed by atoms with Gasteiger partial charge in [0.15, 0.2) is 0 Å². The number of nitrogens with zero attached hydrogens (tertiary/aromatic N) is 2. The van der Waals surface area contributed by atoms with E-state index in [1.54, 1.807) is 0 Å². The average molecular weight is 336 g/mol. The van der Waals surface area contributed by atoms with Crippen molar-refractivity contribution in [3.8, 4) is 0 Å². The third-order valence-corrected chi connectivity index (χ3v) is 3.78. The zero-order chi connectivity index (χ0) is 14.5. The normalized spacial score (nSPS) is 11.2. The molecule has 0 bridgehead atoms. The van der Waals surface area contributed by atoms with Gasteiger partial charge in [0.25, 0.3) is 0 Å². The van der Waals surface area contributed by atoms with Gasteiger partial charge in [0.1, 0.15) is 0 Å². The Morgan fingerprint density at radius 3 is 2.75 bits per heavy atom. The minimum atomic E-state index is 0.957. The Labute approximate surface area is 129 Å². The predicted molar refractivity (Wildman–Crippen MR) is 90.5 cm³/mol. The molecule has 0 spiro atoms. The van der Waals surface area contributed by atoms with E-state index in [0.29, 0.717) is 0 Å². The molecule has 0 aliphatic rings. The molecule has 1 aromatic heterocycles. The molecule has 1 aromatic carbocycles. The van der Waals surface area contributed by atoms with Crippen LogP contribution in [0.1, 0.15) is 19.0 Å². The van der Waals surface area contributed by atoms with Crippen molar-refractivity contribution in [1.29, 1.82) is 0 Å². The second-order valence-electron chi connectivity index (χ2n) is 5.26. The van der Waals surface area contributed by atoms with E-state index in [-0.39, 0.29) is 0 Å². The molecular weight excluding hydrogens is 314 g/mol. The number of nitrogens with one attached hydrogen (secondary N) is 1. The first-order chi connectivity index (χ1) is 9.60. The first kappa shape index (κ1) is 15.3. The molecule has 1 N–H and O–H groups in total. The van der Waals surface area contributed by atoms with Crippen LogP contribution in [0.3, 0.4) is 0 Å². The zero-order valence-corrected chi connectivity index (χ0v) is 14.0. The number of rotatable bonds is 6. The van der Waals surface area contributed by atoms with E-state index < -0.39 is 0 Å². The molecule has 0 unspecified atom stereocenters. The fourth-order valence-corrected chi connectivity index (χ4v) is 2.56. The number of aromatic nitrogens is 1. The highest BCUT2D eigenvalue weighted by atomic mass is 79.9. The Morgan fingerprint density at radius 1 is 1.25 bits per heavy atom. The van der Waals surface area contributed by atoms with Crippen molar-refractivity contribution in [3.05, 3.63) is 34.4 Å².